The van der Waals surface area contributed by atoms with Crippen molar-refractivity contribution < 1.29 is 14.6 Å². The number of thioether (sulfide) groups is 1. The van der Waals surface area contributed by atoms with E-state index in [1.165, 1.54) is 11.8 Å². The standard InChI is InChI=1S/C8H14O3S/c9-8(10)6-12-5-7-1-3-11-4-2-7/h7H,1-6H2,(H,9,10). The lowest BCUT2D eigenvalue weighted by atomic mass is 10.0. The highest BCUT2D eigenvalue weighted by atomic mass is 32.2. The van der Waals surface area contributed by atoms with Crippen molar-refractivity contribution in [2.45, 2.75) is 12.8 Å². The molecule has 0 radical (unpaired) electrons. The van der Waals surface area contributed by atoms with Crippen LogP contribution in [0.4, 0.5) is 0 Å². The SMILES string of the molecule is O=C(O)CSCC1CCOCC1. The van der Waals surface area contributed by atoms with Gasteiger partial charge < -0.3 is 9.84 Å². The van der Waals surface area contributed by atoms with Gasteiger partial charge in [-0.15, -0.1) is 11.8 Å². The van der Waals surface area contributed by atoms with Crippen LogP contribution in [0.25, 0.3) is 0 Å². The second kappa shape index (κ2) is 5.43. The van der Waals surface area contributed by atoms with Crippen LogP contribution < -0.4 is 0 Å². The predicted molar refractivity (Wildman–Crippen MR) is 48.5 cm³/mol. The second-order valence-electron chi connectivity index (χ2n) is 2.96. The molecule has 3 nitrogen and oxygen atoms in total. The molecular formula is C8H14O3S. The predicted octanol–water partition coefficient (Wildman–Crippen LogP) is 1.23. The molecule has 0 aromatic heterocycles. The van der Waals surface area contributed by atoms with Crippen molar-refractivity contribution in [1.82, 2.24) is 0 Å². The van der Waals surface area contributed by atoms with Gasteiger partial charge in [0.25, 0.3) is 0 Å². The summed E-state index contributed by atoms with van der Waals surface area (Å²) in [5.74, 6) is 1.16. The zero-order valence-corrected chi connectivity index (χ0v) is 7.81. The largest absolute Gasteiger partial charge is 0.481 e. The van der Waals surface area contributed by atoms with Crippen LogP contribution >= 0.6 is 11.8 Å². The molecule has 1 aliphatic heterocycles. The van der Waals surface area contributed by atoms with E-state index in [2.05, 4.69) is 0 Å². The van der Waals surface area contributed by atoms with E-state index in [0.29, 0.717) is 5.92 Å². The first-order valence-electron chi connectivity index (χ1n) is 4.16. The van der Waals surface area contributed by atoms with Crippen LogP contribution in [-0.4, -0.2) is 35.8 Å². The molecular weight excluding hydrogens is 176 g/mol. The molecule has 1 N–H and O–H groups in total. The molecule has 12 heavy (non-hydrogen) atoms. The van der Waals surface area contributed by atoms with Crippen molar-refractivity contribution in [3.63, 3.8) is 0 Å². The topological polar surface area (TPSA) is 46.5 Å². The fourth-order valence-electron chi connectivity index (χ4n) is 1.23. The first-order valence-corrected chi connectivity index (χ1v) is 5.32. The quantitative estimate of drug-likeness (QED) is 0.724. The minimum absolute atomic E-state index is 0.233. The van der Waals surface area contributed by atoms with Crippen LogP contribution in [0, 0.1) is 5.92 Å². The van der Waals surface area contributed by atoms with Crippen LogP contribution in [0.1, 0.15) is 12.8 Å². The minimum Gasteiger partial charge on any atom is -0.481 e. The molecule has 1 fully saturated rings. The number of rotatable bonds is 4. The highest BCUT2D eigenvalue weighted by molar-refractivity contribution is 7.99. The lowest BCUT2D eigenvalue weighted by Gasteiger charge is -2.20. The number of hydrogen-bond acceptors (Lipinski definition) is 3. The molecule has 0 atom stereocenters. The van der Waals surface area contributed by atoms with E-state index in [0.717, 1.165) is 31.8 Å². The van der Waals surface area contributed by atoms with Crippen LogP contribution in [0.15, 0.2) is 0 Å². The van der Waals surface area contributed by atoms with Crippen molar-refractivity contribution in [2.24, 2.45) is 5.92 Å². The Labute approximate surface area is 76.5 Å². The molecule has 4 heteroatoms. The van der Waals surface area contributed by atoms with Crippen LogP contribution in [0.3, 0.4) is 0 Å². The van der Waals surface area contributed by atoms with Gasteiger partial charge in [0.1, 0.15) is 0 Å². The summed E-state index contributed by atoms with van der Waals surface area (Å²) in [5, 5.41) is 8.40. The summed E-state index contributed by atoms with van der Waals surface area (Å²) in [6, 6.07) is 0. The Balaban J connectivity index is 2.01. The molecule has 70 valence electrons. The molecule has 0 aliphatic carbocycles. The van der Waals surface area contributed by atoms with E-state index in [1.807, 2.05) is 0 Å². The van der Waals surface area contributed by atoms with Crippen molar-refractivity contribution in [3.05, 3.63) is 0 Å². The number of carboxylic acids is 1. The summed E-state index contributed by atoms with van der Waals surface area (Å²) in [7, 11) is 0. The molecule has 0 aromatic rings. The van der Waals surface area contributed by atoms with Crippen LogP contribution in [0.2, 0.25) is 0 Å². The van der Waals surface area contributed by atoms with Crippen molar-refractivity contribution in [2.75, 3.05) is 24.7 Å². The molecule has 1 aliphatic rings. The Bertz CT molecular complexity index is 143. The number of ether oxygens (including phenoxy) is 1. The lowest BCUT2D eigenvalue weighted by Crippen LogP contribution is -2.18. The molecule has 0 aromatic carbocycles. The van der Waals surface area contributed by atoms with Gasteiger partial charge in [-0.05, 0) is 24.5 Å². The minimum atomic E-state index is -0.716. The molecule has 0 bridgehead atoms. The van der Waals surface area contributed by atoms with E-state index < -0.39 is 5.97 Å². The van der Waals surface area contributed by atoms with E-state index in [9.17, 15) is 4.79 Å². The third kappa shape index (κ3) is 3.97. The highest BCUT2D eigenvalue weighted by Gasteiger charge is 2.13. The lowest BCUT2D eigenvalue weighted by molar-refractivity contribution is -0.133. The molecule has 0 unspecified atom stereocenters. The monoisotopic (exact) mass is 190 g/mol. The van der Waals surface area contributed by atoms with Gasteiger partial charge in [0.2, 0.25) is 0 Å². The van der Waals surface area contributed by atoms with Crippen LogP contribution in [-0.2, 0) is 9.53 Å². The summed E-state index contributed by atoms with van der Waals surface area (Å²) in [5.41, 5.74) is 0. The zero-order chi connectivity index (χ0) is 8.81. The summed E-state index contributed by atoms with van der Waals surface area (Å²) in [6.07, 6.45) is 2.18. The van der Waals surface area contributed by atoms with Crippen molar-refractivity contribution in [1.29, 1.82) is 0 Å². The molecule has 0 saturated carbocycles. The Morgan fingerprint density at radius 1 is 1.50 bits per heavy atom. The van der Waals surface area contributed by atoms with Gasteiger partial charge >= 0.3 is 5.97 Å². The van der Waals surface area contributed by atoms with E-state index in [-0.39, 0.29) is 5.75 Å². The van der Waals surface area contributed by atoms with Gasteiger partial charge in [-0.1, -0.05) is 0 Å². The first-order chi connectivity index (χ1) is 5.79. The average Bonchev–Trinajstić information content (AvgIpc) is 2.05. The van der Waals surface area contributed by atoms with Gasteiger partial charge in [0.05, 0.1) is 5.75 Å². The average molecular weight is 190 g/mol. The highest BCUT2D eigenvalue weighted by Crippen LogP contribution is 2.19. The van der Waals surface area contributed by atoms with Gasteiger partial charge in [0.15, 0.2) is 0 Å². The van der Waals surface area contributed by atoms with Gasteiger partial charge in [-0.3, -0.25) is 4.79 Å². The van der Waals surface area contributed by atoms with Gasteiger partial charge in [-0.2, -0.15) is 0 Å². The molecule has 1 saturated heterocycles. The maximum absolute atomic E-state index is 10.2. The normalized spacial score (nSPS) is 19.3. The smallest absolute Gasteiger partial charge is 0.313 e. The number of aliphatic carboxylic acids is 1. The molecule has 0 amide bonds. The van der Waals surface area contributed by atoms with E-state index in [4.69, 9.17) is 9.84 Å². The molecule has 1 rings (SSSR count). The van der Waals surface area contributed by atoms with E-state index in [1.54, 1.807) is 0 Å². The van der Waals surface area contributed by atoms with Gasteiger partial charge in [-0.25, -0.2) is 0 Å². The number of hydrogen-bond donors (Lipinski definition) is 1. The molecule has 0 spiro atoms. The summed E-state index contributed by atoms with van der Waals surface area (Å²) in [6.45, 7) is 1.69. The van der Waals surface area contributed by atoms with Crippen molar-refractivity contribution >= 4 is 17.7 Å². The Morgan fingerprint density at radius 3 is 2.75 bits per heavy atom. The fraction of sp³-hybridized carbons (Fsp3) is 0.875. The van der Waals surface area contributed by atoms with Gasteiger partial charge in [0, 0.05) is 13.2 Å². The third-order valence-corrected chi connectivity index (χ3v) is 3.08. The summed E-state index contributed by atoms with van der Waals surface area (Å²) >= 11 is 1.51. The maximum atomic E-state index is 10.2. The van der Waals surface area contributed by atoms with Crippen molar-refractivity contribution in [3.8, 4) is 0 Å². The van der Waals surface area contributed by atoms with E-state index >= 15 is 0 Å². The Morgan fingerprint density at radius 2 is 2.17 bits per heavy atom. The summed E-state index contributed by atoms with van der Waals surface area (Å²) in [4.78, 5) is 10.2. The van der Waals surface area contributed by atoms with Crippen LogP contribution in [0.5, 0.6) is 0 Å². The first kappa shape index (κ1) is 9.86. The fourth-order valence-corrected chi connectivity index (χ4v) is 2.19. The summed E-state index contributed by atoms with van der Waals surface area (Å²) < 4.78 is 5.20. The number of carbonyl (C=O) groups is 1. The second-order valence-corrected chi connectivity index (χ2v) is 3.99. The zero-order valence-electron chi connectivity index (χ0n) is 6.99. The Kier molecular flexibility index (Phi) is 4.46. The Hall–Kier alpha value is -0.220. The maximum Gasteiger partial charge on any atom is 0.313 e. The third-order valence-electron chi connectivity index (χ3n) is 1.92. The molecule has 1 heterocycles. The number of carboxylic acid groups (broad SMARTS) is 1.